The Hall–Kier alpha value is -2.69. The average molecular weight is 258 g/mol. The quantitative estimate of drug-likeness (QED) is 0.621. The number of hydrogen-bond acceptors (Lipinski definition) is 4. The zero-order valence-electron chi connectivity index (χ0n) is 10.3. The highest BCUT2D eigenvalue weighted by Crippen LogP contribution is 2.25. The fourth-order valence-electron chi connectivity index (χ4n) is 1.77. The summed E-state index contributed by atoms with van der Waals surface area (Å²) in [4.78, 5) is 12.0. The summed E-state index contributed by atoms with van der Waals surface area (Å²) >= 11 is 0. The summed E-state index contributed by atoms with van der Waals surface area (Å²) in [7, 11) is 0. The SMILES string of the molecule is Cc1cccc(N)c1NC(=O)c1cc(O)cc(O)c1. The molecule has 0 bridgehead atoms. The molecule has 5 N–H and O–H groups in total. The lowest BCUT2D eigenvalue weighted by Crippen LogP contribution is -2.14. The van der Waals surface area contributed by atoms with E-state index in [9.17, 15) is 15.0 Å². The molecule has 5 nitrogen and oxygen atoms in total. The van der Waals surface area contributed by atoms with Gasteiger partial charge in [-0.25, -0.2) is 0 Å². The number of phenolic OH excluding ortho intramolecular Hbond substituents is 2. The van der Waals surface area contributed by atoms with E-state index in [0.29, 0.717) is 11.4 Å². The minimum atomic E-state index is -0.452. The van der Waals surface area contributed by atoms with Crippen LogP contribution >= 0.6 is 0 Å². The van der Waals surface area contributed by atoms with E-state index in [4.69, 9.17) is 5.73 Å². The molecule has 0 unspecified atom stereocenters. The van der Waals surface area contributed by atoms with Gasteiger partial charge in [0, 0.05) is 11.6 Å². The van der Waals surface area contributed by atoms with Crippen LogP contribution in [0.3, 0.4) is 0 Å². The van der Waals surface area contributed by atoms with E-state index in [1.165, 1.54) is 12.1 Å². The number of aromatic hydroxyl groups is 2. The Morgan fingerprint density at radius 1 is 1.16 bits per heavy atom. The topological polar surface area (TPSA) is 95.6 Å². The van der Waals surface area contributed by atoms with Crippen LogP contribution in [0, 0.1) is 6.92 Å². The van der Waals surface area contributed by atoms with Gasteiger partial charge < -0.3 is 21.3 Å². The number of nitrogens with two attached hydrogens (primary N) is 1. The minimum absolute atomic E-state index is 0.153. The number of rotatable bonds is 2. The van der Waals surface area contributed by atoms with Gasteiger partial charge in [-0.2, -0.15) is 0 Å². The molecule has 0 aromatic heterocycles. The van der Waals surface area contributed by atoms with Crippen molar-refractivity contribution in [2.45, 2.75) is 6.92 Å². The number of aryl methyl sites for hydroxylation is 1. The first-order valence-corrected chi connectivity index (χ1v) is 5.67. The molecule has 0 saturated heterocycles. The van der Waals surface area contributed by atoms with Gasteiger partial charge in [-0.15, -0.1) is 0 Å². The van der Waals surface area contributed by atoms with Crippen molar-refractivity contribution in [1.82, 2.24) is 0 Å². The van der Waals surface area contributed by atoms with Crippen molar-refractivity contribution >= 4 is 17.3 Å². The maximum Gasteiger partial charge on any atom is 0.256 e. The van der Waals surface area contributed by atoms with Gasteiger partial charge in [0.05, 0.1) is 11.4 Å². The Morgan fingerprint density at radius 2 is 1.79 bits per heavy atom. The Bertz CT molecular complexity index is 598. The molecule has 0 heterocycles. The van der Waals surface area contributed by atoms with Crippen LogP contribution in [0.15, 0.2) is 36.4 Å². The molecular formula is C14H14N2O3. The third-order valence-electron chi connectivity index (χ3n) is 2.71. The molecule has 0 aliphatic carbocycles. The number of benzene rings is 2. The van der Waals surface area contributed by atoms with Crippen molar-refractivity contribution in [2.24, 2.45) is 0 Å². The summed E-state index contributed by atoms with van der Waals surface area (Å²) in [6.45, 7) is 1.83. The number of phenols is 2. The Morgan fingerprint density at radius 3 is 2.37 bits per heavy atom. The van der Waals surface area contributed by atoms with E-state index in [-0.39, 0.29) is 17.1 Å². The third-order valence-corrected chi connectivity index (χ3v) is 2.71. The lowest BCUT2D eigenvalue weighted by atomic mass is 10.1. The van der Waals surface area contributed by atoms with Crippen molar-refractivity contribution < 1.29 is 15.0 Å². The second-order valence-electron chi connectivity index (χ2n) is 4.23. The first-order chi connectivity index (χ1) is 8.97. The number of carbonyl (C=O) groups is 1. The van der Waals surface area contributed by atoms with Gasteiger partial charge in [-0.1, -0.05) is 12.1 Å². The van der Waals surface area contributed by atoms with Crippen LogP contribution < -0.4 is 11.1 Å². The van der Waals surface area contributed by atoms with Gasteiger partial charge in [0.25, 0.3) is 5.91 Å². The van der Waals surface area contributed by atoms with Crippen LogP contribution in [0.2, 0.25) is 0 Å². The first kappa shape index (κ1) is 12.8. The lowest BCUT2D eigenvalue weighted by Gasteiger charge is -2.11. The molecule has 19 heavy (non-hydrogen) atoms. The second-order valence-corrected chi connectivity index (χ2v) is 4.23. The molecule has 1 amide bonds. The van der Waals surface area contributed by atoms with Gasteiger partial charge in [-0.05, 0) is 30.7 Å². The molecule has 98 valence electrons. The predicted molar refractivity (Wildman–Crippen MR) is 73.3 cm³/mol. The van der Waals surface area contributed by atoms with Crippen LogP contribution in [0.1, 0.15) is 15.9 Å². The largest absolute Gasteiger partial charge is 0.508 e. The van der Waals surface area contributed by atoms with E-state index in [0.717, 1.165) is 11.6 Å². The minimum Gasteiger partial charge on any atom is -0.508 e. The maximum absolute atomic E-state index is 12.0. The zero-order valence-corrected chi connectivity index (χ0v) is 10.3. The molecule has 0 aliphatic rings. The van der Waals surface area contributed by atoms with Crippen LogP contribution in [-0.2, 0) is 0 Å². The van der Waals surface area contributed by atoms with E-state index < -0.39 is 5.91 Å². The Balaban J connectivity index is 2.31. The average Bonchev–Trinajstić information content (AvgIpc) is 2.32. The van der Waals surface area contributed by atoms with Crippen molar-refractivity contribution in [1.29, 1.82) is 0 Å². The second kappa shape index (κ2) is 4.89. The van der Waals surface area contributed by atoms with E-state index in [1.807, 2.05) is 13.0 Å². The molecule has 0 atom stereocenters. The molecule has 0 fully saturated rings. The van der Waals surface area contributed by atoms with Crippen LogP contribution in [0.25, 0.3) is 0 Å². The van der Waals surface area contributed by atoms with Gasteiger partial charge in [-0.3, -0.25) is 4.79 Å². The fraction of sp³-hybridized carbons (Fsp3) is 0.0714. The summed E-state index contributed by atoms with van der Waals surface area (Å²) in [5.74, 6) is -0.807. The number of carbonyl (C=O) groups excluding carboxylic acids is 1. The highest BCUT2D eigenvalue weighted by atomic mass is 16.3. The smallest absolute Gasteiger partial charge is 0.256 e. The van der Waals surface area contributed by atoms with Gasteiger partial charge in [0.2, 0.25) is 0 Å². The number of nitrogens with one attached hydrogen (secondary N) is 1. The molecule has 2 rings (SSSR count). The van der Waals surface area contributed by atoms with Crippen molar-refractivity contribution in [3.8, 4) is 11.5 Å². The van der Waals surface area contributed by atoms with Crippen molar-refractivity contribution in [3.05, 3.63) is 47.5 Å². The molecule has 0 saturated carbocycles. The third kappa shape index (κ3) is 2.77. The predicted octanol–water partition coefficient (Wildman–Crippen LogP) is 2.24. The highest BCUT2D eigenvalue weighted by Gasteiger charge is 2.11. The molecular weight excluding hydrogens is 244 g/mol. The van der Waals surface area contributed by atoms with Gasteiger partial charge >= 0.3 is 0 Å². The van der Waals surface area contributed by atoms with Gasteiger partial charge in [0.1, 0.15) is 11.5 Å². The maximum atomic E-state index is 12.0. The molecule has 2 aromatic carbocycles. The summed E-state index contributed by atoms with van der Waals surface area (Å²) in [5, 5.41) is 21.4. The van der Waals surface area contributed by atoms with Crippen LogP contribution in [0.4, 0.5) is 11.4 Å². The summed E-state index contributed by atoms with van der Waals surface area (Å²) in [6, 6.07) is 8.99. The van der Waals surface area contributed by atoms with E-state index in [1.54, 1.807) is 12.1 Å². The standard InChI is InChI=1S/C14H14N2O3/c1-8-3-2-4-12(15)13(8)16-14(19)9-5-10(17)7-11(18)6-9/h2-7,17-18H,15H2,1H3,(H,16,19). The van der Waals surface area contributed by atoms with Crippen LogP contribution in [-0.4, -0.2) is 16.1 Å². The Kier molecular flexibility index (Phi) is 3.29. The zero-order chi connectivity index (χ0) is 14.0. The monoisotopic (exact) mass is 258 g/mol. The number of hydrogen-bond donors (Lipinski definition) is 4. The normalized spacial score (nSPS) is 10.2. The highest BCUT2D eigenvalue weighted by molar-refractivity contribution is 6.06. The Labute approximate surface area is 110 Å². The molecule has 0 aliphatic heterocycles. The first-order valence-electron chi connectivity index (χ1n) is 5.67. The molecule has 0 radical (unpaired) electrons. The van der Waals surface area contributed by atoms with Crippen LogP contribution in [0.5, 0.6) is 11.5 Å². The van der Waals surface area contributed by atoms with Crippen molar-refractivity contribution in [3.63, 3.8) is 0 Å². The number of anilines is 2. The summed E-state index contributed by atoms with van der Waals surface area (Å²) < 4.78 is 0. The van der Waals surface area contributed by atoms with E-state index >= 15 is 0 Å². The molecule has 0 spiro atoms. The van der Waals surface area contributed by atoms with Crippen molar-refractivity contribution in [2.75, 3.05) is 11.1 Å². The number of nitrogen functional groups attached to an aromatic ring is 1. The number of para-hydroxylation sites is 1. The lowest BCUT2D eigenvalue weighted by molar-refractivity contribution is 0.102. The summed E-state index contributed by atoms with van der Waals surface area (Å²) in [6.07, 6.45) is 0. The summed E-state index contributed by atoms with van der Waals surface area (Å²) in [5.41, 5.74) is 7.76. The molecule has 5 heteroatoms. The van der Waals surface area contributed by atoms with E-state index in [2.05, 4.69) is 5.32 Å². The van der Waals surface area contributed by atoms with Gasteiger partial charge in [0.15, 0.2) is 0 Å². The molecule has 2 aromatic rings. The number of amides is 1. The fourth-order valence-corrected chi connectivity index (χ4v) is 1.77.